The van der Waals surface area contributed by atoms with Crippen molar-refractivity contribution >= 4 is 23.1 Å². The highest BCUT2D eigenvalue weighted by Crippen LogP contribution is 2.20. The van der Waals surface area contributed by atoms with Gasteiger partial charge in [0.2, 0.25) is 0 Å². The third-order valence-electron chi connectivity index (χ3n) is 3.51. The molecule has 114 valence electrons. The largest absolute Gasteiger partial charge is 0.378 e. The first-order chi connectivity index (χ1) is 10.8. The molecule has 1 aliphatic heterocycles. The zero-order chi connectivity index (χ0) is 15.2. The second kappa shape index (κ2) is 6.95. The molecule has 0 saturated carbocycles. The number of carbonyl (C=O) groups excluding carboxylic acids is 1. The van der Waals surface area contributed by atoms with Gasteiger partial charge in [-0.3, -0.25) is 0 Å². The molecule has 1 fully saturated rings. The Hall–Kier alpha value is -2.53. The third kappa shape index (κ3) is 3.77. The van der Waals surface area contributed by atoms with Crippen LogP contribution >= 0.6 is 0 Å². The number of hydrogen-bond acceptors (Lipinski definition) is 3. The summed E-state index contributed by atoms with van der Waals surface area (Å²) in [6.45, 7) is 3.23. The third-order valence-corrected chi connectivity index (χ3v) is 3.51. The fourth-order valence-corrected chi connectivity index (χ4v) is 2.42. The van der Waals surface area contributed by atoms with E-state index in [0.29, 0.717) is 0 Å². The number of anilines is 3. The fraction of sp³-hybridized carbons (Fsp3) is 0.235. The Morgan fingerprint density at radius 2 is 1.59 bits per heavy atom. The summed E-state index contributed by atoms with van der Waals surface area (Å²) in [6, 6.07) is 17.0. The van der Waals surface area contributed by atoms with Crippen LogP contribution in [0.5, 0.6) is 0 Å². The van der Waals surface area contributed by atoms with Crippen LogP contribution in [0.4, 0.5) is 21.9 Å². The number of ether oxygens (including phenoxy) is 1. The Labute approximate surface area is 129 Å². The van der Waals surface area contributed by atoms with Crippen LogP contribution in [0.1, 0.15) is 0 Å². The summed E-state index contributed by atoms with van der Waals surface area (Å²) < 4.78 is 5.36. The summed E-state index contributed by atoms with van der Waals surface area (Å²) >= 11 is 0. The SMILES string of the molecule is O=C(Nc1ccccc1)Nc1cccc(N2CCOCC2)c1. The summed E-state index contributed by atoms with van der Waals surface area (Å²) in [6.07, 6.45) is 0. The molecule has 2 N–H and O–H groups in total. The molecule has 5 nitrogen and oxygen atoms in total. The number of benzene rings is 2. The number of amides is 2. The number of hydrogen-bond donors (Lipinski definition) is 2. The van der Waals surface area contributed by atoms with E-state index in [-0.39, 0.29) is 6.03 Å². The molecule has 2 aromatic carbocycles. The second-order valence-electron chi connectivity index (χ2n) is 5.09. The molecule has 1 heterocycles. The van der Waals surface area contributed by atoms with Gasteiger partial charge in [-0.2, -0.15) is 0 Å². The van der Waals surface area contributed by atoms with Gasteiger partial charge in [0.25, 0.3) is 0 Å². The lowest BCUT2D eigenvalue weighted by molar-refractivity contribution is 0.122. The smallest absolute Gasteiger partial charge is 0.323 e. The van der Waals surface area contributed by atoms with Gasteiger partial charge in [0.15, 0.2) is 0 Å². The normalized spacial score (nSPS) is 14.5. The maximum absolute atomic E-state index is 12.0. The van der Waals surface area contributed by atoms with E-state index in [2.05, 4.69) is 15.5 Å². The first-order valence-electron chi connectivity index (χ1n) is 7.37. The number of para-hydroxylation sites is 1. The number of nitrogens with one attached hydrogen (secondary N) is 2. The number of nitrogens with zero attached hydrogens (tertiary/aromatic N) is 1. The first kappa shape index (κ1) is 14.4. The lowest BCUT2D eigenvalue weighted by Gasteiger charge is -2.29. The molecule has 22 heavy (non-hydrogen) atoms. The number of morpholine rings is 1. The molecule has 1 aliphatic rings. The molecule has 0 radical (unpaired) electrons. The average Bonchev–Trinajstić information content (AvgIpc) is 2.57. The zero-order valence-corrected chi connectivity index (χ0v) is 12.3. The van der Waals surface area contributed by atoms with Crippen molar-refractivity contribution in [1.29, 1.82) is 0 Å². The van der Waals surface area contributed by atoms with Crippen LogP contribution in [0, 0.1) is 0 Å². The van der Waals surface area contributed by atoms with E-state index in [0.717, 1.165) is 43.4 Å². The average molecular weight is 297 g/mol. The molecule has 3 rings (SSSR count). The van der Waals surface area contributed by atoms with E-state index in [1.807, 2.05) is 54.6 Å². The molecule has 0 bridgehead atoms. The van der Waals surface area contributed by atoms with Gasteiger partial charge in [0, 0.05) is 30.2 Å². The highest BCUT2D eigenvalue weighted by Gasteiger charge is 2.11. The van der Waals surface area contributed by atoms with E-state index in [1.54, 1.807) is 0 Å². The molecule has 0 unspecified atom stereocenters. The van der Waals surface area contributed by atoms with E-state index in [1.165, 1.54) is 0 Å². The van der Waals surface area contributed by atoms with Gasteiger partial charge in [0.1, 0.15) is 0 Å². The van der Waals surface area contributed by atoms with Crippen molar-refractivity contribution in [3.05, 3.63) is 54.6 Å². The van der Waals surface area contributed by atoms with Crippen LogP contribution in [0.25, 0.3) is 0 Å². The van der Waals surface area contributed by atoms with E-state index < -0.39 is 0 Å². The highest BCUT2D eigenvalue weighted by molar-refractivity contribution is 5.99. The van der Waals surface area contributed by atoms with Crippen LogP contribution < -0.4 is 15.5 Å². The van der Waals surface area contributed by atoms with Crippen molar-refractivity contribution in [3.63, 3.8) is 0 Å². The number of rotatable bonds is 3. The van der Waals surface area contributed by atoms with Crippen molar-refractivity contribution in [2.45, 2.75) is 0 Å². The Kier molecular flexibility index (Phi) is 4.56. The lowest BCUT2D eigenvalue weighted by atomic mass is 10.2. The van der Waals surface area contributed by atoms with Crippen molar-refractivity contribution in [2.24, 2.45) is 0 Å². The summed E-state index contributed by atoms with van der Waals surface area (Å²) in [5.74, 6) is 0. The lowest BCUT2D eigenvalue weighted by Crippen LogP contribution is -2.36. The predicted molar refractivity (Wildman–Crippen MR) is 88.6 cm³/mol. The van der Waals surface area contributed by atoms with Crippen LogP contribution in [0.2, 0.25) is 0 Å². The summed E-state index contributed by atoms with van der Waals surface area (Å²) in [7, 11) is 0. The Bertz CT molecular complexity index is 625. The van der Waals surface area contributed by atoms with Crippen molar-refractivity contribution in [1.82, 2.24) is 0 Å². The minimum absolute atomic E-state index is 0.245. The van der Waals surface area contributed by atoms with Gasteiger partial charge in [-0.1, -0.05) is 24.3 Å². The Morgan fingerprint density at radius 1 is 0.909 bits per heavy atom. The topological polar surface area (TPSA) is 53.6 Å². The van der Waals surface area contributed by atoms with Crippen LogP contribution in [0.15, 0.2) is 54.6 Å². The molecular weight excluding hydrogens is 278 g/mol. The number of carbonyl (C=O) groups is 1. The maximum Gasteiger partial charge on any atom is 0.323 e. The van der Waals surface area contributed by atoms with Gasteiger partial charge in [-0.15, -0.1) is 0 Å². The minimum atomic E-state index is -0.245. The molecular formula is C17H19N3O2. The van der Waals surface area contributed by atoms with Crippen molar-refractivity contribution < 1.29 is 9.53 Å². The van der Waals surface area contributed by atoms with E-state index in [9.17, 15) is 4.79 Å². The first-order valence-corrected chi connectivity index (χ1v) is 7.37. The van der Waals surface area contributed by atoms with E-state index in [4.69, 9.17) is 4.74 Å². The molecule has 1 saturated heterocycles. The van der Waals surface area contributed by atoms with Crippen LogP contribution in [0.3, 0.4) is 0 Å². The molecule has 0 spiro atoms. The summed E-state index contributed by atoms with van der Waals surface area (Å²) in [5, 5.41) is 5.67. The zero-order valence-electron chi connectivity index (χ0n) is 12.3. The fourth-order valence-electron chi connectivity index (χ4n) is 2.42. The van der Waals surface area contributed by atoms with Gasteiger partial charge in [-0.05, 0) is 30.3 Å². The quantitative estimate of drug-likeness (QED) is 0.915. The standard InChI is InChI=1S/C17H19N3O2/c21-17(18-14-5-2-1-3-6-14)19-15-7-4-8-16(13-15)20-9-11-22-12-10-20/h1-8,13H,9-12H2,(H2,18,19,21). The molecule has 2 aromatic rings. The van der Waals surface area contributed by atoms with Gasteiger partial charge in [0.05, 0.1) is 13.2 Å². The second-order valence-corrected chi connectivity index (χ2v) is 5.09. The van der Waals surface area contributed by atoms with Gasteiger partial charge in [-0.25, -0.2) is 4.79 Å². The Morgan fingerprint density at radius 3 is 2.36 bits per heavy atom. The molecule has 0 atom stereocenters. The highest BCUT2D eigenvalue weighted by atomic mass is 16.5. The van der Waals surface area contributed by atoms with Crippen molar-refractivity contribution in [2.75, 3.05) is 41.8 Å². The summed E-state index contributed by atoms with van der Waals surface area (Å²) in [5.41, 5.74) is 2.64. The summed E-state index contributed by atoms with van der Waals surface area (Å²) in [4.78, 5) is 14.3. The van der Waals surface area contributed by atoms with Crippen LogP contribution in [-0.2, 0) is 4.74 Å². The molecule has 0 aliphatic carbocycles. The predicted octanol–water partition coefficient (Wildman–Crippen LogP) is 3.17. The number of urea groups is 1. The van der Waals surface area contributed by atoms with Gasteiger partial charge >= 0.3 is 6.03 Å². The maximum atomic E-state index is 12.0. The Balaban J connectivity index is 1.63. The molecule has 2 amide bonds. The molecule has 0 aromatic heterocycles. The van der Waals surface area contributed by atoms with E-state index >= 15 is 0 Å². The van der Waals surface area contributed by atoms with Crippen LogP contribution in [-0.4, -0.2) is 32.3 Å². The van der Waals surface area contributed by atoms with Crippen molar-refractivity contribution in [3.8, 4) is 0 Å². The minimum Gasteiger partial charge on any atom is -0.378 e. The molecule has 5 heteroatoms. The monoisotopic (exact) mass is 297 g/mol. The van der Waals surface area contributed by atoms with Gasteiger partial charge < -0.3 is 20.3 Å².